The minimum absolute atomic E-state index is 0.0713. The number of ketones is 1. The van der Waals surface area contributed by atoms with E-state index < -0.39 is 6.10 Å². The molecule has 3 nitrogen and oxygen atoms in total. The molecule has 0 amide bonds. The normalized spacial score (nSPS) is 22.9. The summed E-state index contributed by atoms with van der Waals surface area (Å²) in [4.78, 5) is 11.3. The minimum atomic E-state index is -0.461. The van der Waals surface area contributed by atoms with Crippen LogP contribution in [0.4, 0.5) is 4.39 Å². The Kier molecular flexibility index (Phi) is 4.44. The number of Topliss-reactive ketones (excluding diaryl/α,β-unsaturated/α-hetero) is 1. The van der Waals surface area contributed by atoms with Gasteiger partial charge in [-0.25, -0.2) is 4.39 Å². The molecule has 1 saturated carbocycles. The van der Waals surface area contributed by atoms with Gasteiger partial charge in [-0.3, -0.25) is 4.79 Å². The van der Waals surface area contributed by atoms with Crippen molar-refractivity contribution >= 4 is 5.78 Å². The van der Waals surface area contributed by atoms with Gasteiger partial charge in [0.25, 0.3) is 0 Å². The zero-order valence-corrected chi connectivity index (χ0v) is 10.4. The van der Waals surface area contributed by atoms with E-state index in [4.69, 9.17) is 9.47 Å². The van der Waals surface area contributed by atoms with Crippen LogP contribution in [-0.2, 0) is 20.9 Å². The second-order valence-corrected chi connectivity index (χ2v) is 4.40. The number of hydrogen-bond acceptors (Lipinski definition) is 3. The molecule has 0 bridgehead atoms. The Morgan fingerprint density at radius 2 is 2.11 bits per heavy atom. The third-order valence-corrected chi connectivity index (χ3v) is 2.97. The zero-order chi connectivity index (χ0) is 13.0. The van der Waals surface area contributed by atoms with Crippen LogP contribution < -0.4 is 0 Å². The number of rotatable bonds is 6. The van der Waals surface area contributed by atoms with Gasteiger partial charge in [0.05, 0.1) is 12.7 Å². The van der Waals surface area contributed by atoms with Crippen LogP contribution in [-0.4, -0.2) is 24.6 Å². The van der Waals surface area contributed by atoms with Crippen molar-refractivity contribution in [1.82, 2.24) is 0 Å². The van der Waals surface area contributed by atoms with Crippen LogP contribution in [0.15, 0.2) is 24.3 Å². The molecular weight excluding hydrogens is 235 g/mol. The Morgan fingerprint density at radius 3 is 2.78 bits per heavy atom. The molecule has 4 heteroatoms. The maximum atomic E-state index is 13.4. The highest BCUT2D eigenvalue weighted by Crippen LogP contribution is 2.24. The average Bonchev–Trinajstić information content (AvgIpc) is 2.36. The molecule has 0 heterocycles. The molecule has 2 rings (SSSR count). The van der Waals surface area contributed by atoms with Gasteiger partial charge in [0.1, 0.15) is 11.9 Å². The van der Waals surface area contributed by atoms with Crippen LogP contribution in [0.25, 0.3) is 0 Å². The van der Waals surface area contributed by atoms with Crippen LogP contribution >= 0.6 is 0 Å². The lowest BCUT2D eigenvalue weighted by Crippen LogP contribution is -2.50. The molecule has 1 fully saturated rings. The predicted molar refractivity (Wildman–Crippen MR) is 64.6 cm³/mol. The first kappa shape index (κ1) is 13.2. The Labute approximate surface area is 106 Å². The minimum Gasteiger partial charge on any atom is -0.370 e. The largest absolute Gasteiger partial charge is 0.370 e. The Bertz CT molecular complexity index is 419. The van der Waals surface area contributed by atoms with Crippen LogP contribution in [0.2, 0.25) is 0 Å². The third-order valence-electron chi connectivity index (χ3n) is 2.97. The Hall–Kier alpha value is -1.26. The highest BCUT2D eigenvalue weighted by atomic mass is 19.1. The van der Waals surface area contributed by atoms with Crippen molar-refractivity contribution in [3.63, 3.8) is 0 Å². The maximum Gasteiger partial charge on any atom is 0.166 e. The SMILES string of the molecule is CCCOC1C(=O)CC1OCc1ccccc1F. The Morgan fingerprint density at radius 1 is 1.33 bits per heavy atom. The number of carbonyl (C=O) groups excluding carboxylic acids is 1. The van der Waals surface area contributed by atoms with E-state index in [-0.39, 0.29) is 24.3 Å². The van der Waals surface area contributed by atoms with Crippen LogP contribution in [0.3, 0.4) is 0 Å². The van der Waals surface area contributed by atoms with Gasteiger partial charge in [-0.05, 0) is 12.5 Å². The van der Waals surface area contributed by atoms with E-state index in [0.29, 0.717) is 18.6 Å². The van der Waals surface area contributed by atoms with Gasteiger partial charge in [0.15, 0.2) is 5.78 Å². The fraction of sp³-hybridized carbons (Fsp3) is 0.500. The lowest BCUT2D eigenvalue weighted by atomic mass is 9.90. The first-order valence-electron chi connectivity index (χ1n) is 6.21. The van der Waals surface area contributed by atoms with Crippen molar-refractivity contribution in [1.29, 1.82) is 0 Å². The fourth-order valence-corrected chi connectivity index (χ4v) is 1.87. The summed E-state index contributed by atoms with van der Waals surface area (Å²) in [7, 11) is 0. The van der Waals surface area contributed by atoms with E-state index in [0.717, 1.165) is 6.42 Å². The molecule has 0 aliphatic heterocycles. The van der Waals surface area contributed by atoms with Gasteiger partial charge in [-0.1, -0.05) is 25.1 Å². The topological polar surface area (TPSA) is 35.5 Å². The van der Waals surface area contributed by atoms with Crippen molar-refractivity contribution in [2.24, 2.45) is 0 Å². The summed E-state index contributed by atoms with van der Waals surface area (Å²) >= 11 is 0. The second-order valence-electron chi connectivity index (χ2n) is 4.40. The summed E-state index contributed by atoms with van der Waals surface area (Å²) in [5.74, 6) is -0.212. The van der Waals surface area contributed by atoms with E-state index in [1.54, 1.807) is 18.2 Å². The van der Waals surface area contributed by atoms with Crippen molar-refractivity contribution in [3.8, 4) is 0 Å². The number of halogens is 1. The van der Waals surface area contributed by atoms with Crippen molar-refractivity contribution in [2.75, 3.05) is 6.61 Å². The van der Waals surface area contributed by atoms with Crippen molar-refractivity contribution < 1.29 is 18.7 Å². The van der Waals surface area contributed by atoms with Gasteiger partial charge in [0, 0.05) is 18.6 Å². The van der Waals surface area contributed by atoms with Crippen LogP contribution in [0.1, 0.15) is 25.3 Å². The van der Waals surface area contributed by atoms with Crippen molar-refractivity contribution in [2.45, 2.75) is 38.6 Å². The summed E-state index contributed by atoms with van der Waals surface area (Å²) in [5.41, 5.74) is 0.506. The molecule has 0 aromatic heterocycles. The summed E-state index contributed by atoms with van der Waals surface area (Å²) in [5, 5.41) is 0. The molecule has 0 radical (unpaired) electrons. The highest BCUT2D eigenvalue weighted by Gasteiger charge is 2.41. The Balaban J connectivity index is 1.84. The molecule has 98 valence electrons. The van der Waals surface area contributed by atoms with E-state index >= 15 is 0 Å². The number of hydrogen-bond donors (Lipinski definition) is 0. The number of ether oxygens (including phenoxy) is 2. The molecule has 0 N–H and O–H groups in total. The molecule has 1 aliphatic carbocycles. The second kappa shape index (κ2) is 6.07. The summed E-state index contributed by atoms with van der Waals surface area (Å²) in [6, 6.07) is 6.48. The third kappa shape index (κ3) is 2.94. The van der Waals surface area contributed by atoms with Crippen LogP contribution in [0, 0.1) is 5.82 Å². The number of benzene rings is 1. The van der Waals surface area contributed by atoms with E-state index in [2.05, 4.69) is 0 Å². The molecule has 2 atom stereocenters. The van der Waals surface area contributed by atoms with E-state index in [1.165, 1.54) is 6.07 Å². The van der Waals surface area contributed by atoms with Gasteiger partial charge >= 0.3 is 0 Å². The fourth-order valence-electron chi connectivity index (χ4n) is 1.87. The van der Waals surface area contributed by atoms with E-state index in [9.17, 15) is 9.18 Å². The van der Waals surface area contributed by atoms with Gasteiger partial charge < -0.3 is 9.47 Å². The lowest BCUT2D eigenvalue weighted by molar-refractivity contribution is -0.167. The monoisotopic (exact) mass is 252 g/mol. The lowest BCUT2D eigenvalue weighted by Gasteiger charge is -2.34. The molecule has 0 saturated heterocycles. The quantitative estimate of drug-likeness (QED) is 0.780. The molecule has 18 heavy (non-hydrogen) atoms. The van der Waals surface area contributed by atoms with Crippen LogP contribution in [0.5, 0.6) is 0 Å². The van der Waals surface area contributed by atoms with Gasteiger partial charge in [-0.15, -0.1) is 0 Å². The van der Waals surface area contributed by atoms with E-state index in [1.807, 2.05) is 6.92 Å². The summed E-state index contributed by atoms with van der Waals surface area (Å²) < 4.78 is 24.3. The molecule has 2 unspecified atom stereocenters. The molecule has 1 aliphatic rings. The average molecular weight is 252 g/mol. The van der Waals surface area contributed by atoms with Crippen molar-refractivity contribution in [3.05, 3.63) is 35.6 Å². The summed E-state index contributed by atoms with van der Waals surface area (Å²) in [6.07, 6.45) is 0.535. The van der Waals surface area contributed by atoms with Gasteiger partial charge in [0.2, 0.25) is 0 Å². The molecule has 1 aromatic rings. The first-order chi connectivity index (χ1) is 8.72. The molecular formula is C14H17FO3. The first-order valence-corrected chi connectivity index (χ1v) is 6.21. The summed E-state index contributed by atoms with van der Waals surface area (Å²) in [6.45, 7) is 2.71. The predicted octanol–water partition coefficient (Wildman–Crippen LogP) is 2.48. The smallest absolute Gasteiger partial charge is 0.166 e. The highest BCUT2D eigenvalue weighted by molar-refractivity contribution is 5.90. The zero-order valence-electron chi connectivity index (χ0n) is 10.4. The molecule has 1 aromatic carbocycles. The number of carbonyl (C=O) groups is 1. The van der Waals surface area contributed by atoms with Gasteiger partial charge in [-0.2, -0.15) is 0 Å². The molecule has 0 spiro atoms. The maximum absolute atomic E-state index is 13.4. The standard InChI is InChI=1S/C14H17FO3/c1-2-7-17-14-12(16)8-13(14)18-9-10-5-3-4-6-11(10)15/h3-6,13-14H,2,7-9H2,1H3.